The summed E-state index contributed by atoms with van der Waals surface area (Å²) in [5.74, 6) is 0.379. The molecule has 0 radical (unpaired) electrons. The standard InChI is InChI=1S/C12H20FN5O2S3/c1-3-6-22(19)11-14-10(15-18(11)21-13)23(20)17-8-12(9-17)4-5-16(2)7-12/h3-9H2,1-2H3. The van der Waals surface area contributed by atoms with E-state index in [1.807, 2.05) is 6.92 Å². The Hall–Kier alpha value is -0.360. The van der Waals surface area contributed by atoms with Gasteiger partial charge in [-0.15, -0.1) is 13.1 Å². The number of hydrogen-bond acceptors (Lipinski definition) is 6. The number of likely N-dealkylation sites (tertiary alicyclic amines) is 1. The highest BCUT2D eigenvalue weighted by Gasteiger charge is 2.49. The maximum atomic E-state index is 13.0. The van der Waals surface area contributed by atoms with Crippen LogP contribution in [0, 0.1) is 5.41 Å². The van der Waals surface area contributed by atoms with E-state index in [4.69, 9.17) is 0 Å². The van der Waals surface area contributed by atoms with Crippen molar-refractivity contribution in [2.75, 3.05) is 39.0 Å². The molecule has 3 heterocycles. The molecule has 23 heavy (non-hydrogen) atoms. The average molecular weight is 382 g/mol. The van der Waals surface area contributed by atoms with E-state index in [0.29, 0.717) is 12.2 Å². The van der Waals surface area contributed by atoms with Crippen LogP contribution in [0.4, 0.5) is 3.89 Å². The van der Waals surface area contributed by atoms with Gasteiger partial charge >= 0.3 is 0 Å². The summed E-state index contributed by atoms with van der Waals surface area (Å²) in [5, 5.41) is 3.99. The molecule has 0 saturated carbocycles. The molecule has 1 spiro atoms. The first kappa shape index (κ1) is 17.5. The number of aromatic nitrogens is 3. The molecule has 0 aromatic carbocycles. The monoisotopic (exact) mass is 381 g/mol. The predicted octanol–water partition coefficient (Wildman–Crippen LogP) is 0.837. The Labute approximate surface area is 144 Å². The van der Waals surface area contributed by atoms with Crippen LogP contribution in [-0.4, -0.2) is 70.8 Å². The van der Waals surface area contributed by atoms with Gasteiger partial charge in [-0.1, -0.05) is 6.92 Å². The molecule has 3 rings (SSSR count). The van der Waals surface area contributed by atoms with Gasteiger partial charge in [-0.05, 0) is 26.4 Å². The zero-order valence-electron chi connectivity index (χ0n) is 13.1. The summed E-state index contributed by atoms with van der Waals surface area (Å²) in [5.41, 5.74) is 0.218. The van der Waals surface area contributed by atoms with Gasteiger partial charge in [0, 0.05) is 30.8 Å². The van der Waals surface area contributed by atoms with Crippen LogP contribution < -0.4 is 0 Å². The van der Waals surface area contributed by atoms with Crippen LogP contribution >= 0.6 is 12.3 Å². The van der Waals surface area contributed by atoms with Gasteiger partial charge in [-0.3, -0.25) is 4.21 Å². The predicted molar refractivity (Wildman–Crippen MR) is 88.2 cm³/mol. The zero-order chi connectivity index (χ0) is 16.6. The van der Waals surface area contributed by atoms with Crippen molar-refractivity contribution in [2.24, 2.45) is 5.41 Å². The van der Waals surface area contributed by atoms with Gasteiger partial charge < -0.3 is 4.90 Å². The topological polar surface area (TPSA) is 71.3 Å². The summed E-state index contributed by atoms with van der Waals surface area (Å²) in [6.45, 7) is 5.42. The van der Waals surface area contributed by atoms with E-state index >= 15 is 0 Å². The van der Waals surface area contributed by atoms with Gasteiger partial charge in [0.15, 0.2) is 23.3 Å². The fraction of sp³-hybridized carbons (Fsp3) is 0.833. The van der Waals surface area contributed by atoms with Gasteiger partial charge in [-0.25, -0.2) is 8.51 Å². The van der Waals surface area contributed by atoms with Gasteiger partial charge in [0.1, 0.15) is 0 Å². The number of hydrogen-bond donors (Lipinski definition) is 0. The summed E-state index contributed by atoms with van der Waals surface area (Å²) in [6, 6.07) is 0. The van der Waals surface area contributed by atoms with Crippen LogP contribution in [0.2, 0.25) is 0 Å². The molecule has 11 heteroatoms. The Balaban J connectivity index is 1.70. The zero-order valence-corrected chi connectivity index (χ0v) is 15.6. The molecule has 0 N–H and O–H groups in total. The quantitative estimate of drug-likeness (QED) is 0.727. The third-order valence-electron chi connectivity index (χ3n) is 4.23. The first-order chi connectivity index (χ1) is 11.0. The molecule has 2 fully saturated rings. The van der Waals surface area contributed by atoms with Gasteiger partial charge in [-0.2, -0.15) is 4.98 Å². The minimum absolute atomic E-state index is 0.0378. The normalized spacial score (nSPS) is 24.0. The lowest BCUT2D eigenvalue weighted by Gasteiger charge is -2.46. The second-order valence-corrected chi connectivity index (χ2v) is 9.53. The van der Waals surface area contributed by atoms with Gasteiger partial charge in [0.25, 0.3) is 5.16 Å². The second kappa shape index (κ2) is 6.87. The molecule has 1 aromatic heterocycles. The largest absolute Gasteiger partial charge is 0.306 e. The minimum atomic E-state index is -1.53. The number of rotatable bonds is 6. The third kappa shape index (κ3) is 3.39. The van der Waals surface area contributed by atoms with Crippen molar-refractivity contribution in [1.82, 2.24) is 23.4 Å². The van der Waals surface area contributed by atoms with Crippen LogP contribution in [0.15, 0.2) is 10.3 Å². The first-order valence-electron chi connectivity index (χ1n) is 7.48. The molecule has 2 unspecified atom stereocenters. The van der Waals surface area contributed by atoms with Crippen LogP contribution in [0.3, 0.4) is 0 Å². The Morgan fingerprint density at radius 3 is 2.65 bits per heavy atom. The van der Waals surface area contributed by atoms with Crippen LogP contribution in [0.5, 0.6) is 0 Å². The first-order valence-corrected chi connectivity index (χ1v) is 10.6. The van der Waals surface area contributed by atoms with E-state index in [2.05, 4.69) is 22.0 Å². The van der Waals surface area contributed by atoms with Crippen molar-refractivity contribution in [3.05, 3.63) is 0 Å². The van der Waals surface area contributed by atoms with E-state index in [1.54, 1.807) is 4.31 Å². The SMILES string of the molecule is CCCS(=O)c1nc(S(=O)N2CC3(CCN(C)C3)C2)nn1SF. The second-order valence-electron chi connectivity index (χ2n) is 6.20. The Morgan fingerprint density at radius 1 is 1.35 bits per heavy atom. The Bertz CT molecular complexity index is 634. The van der Waals surface area contributed by atoms with Crippen molar-refractivity contribution in [3.63, 3.8) is 0 Å². The molecule has 7 nitrogen and oxygen atoms in total. The molecule has 130 valence electrons. The van der Waals surface area contributed by atoms with Crippen LogP contribution in [0.1, 0.15) is 19.8 Å². The van der Waals surface area contributed by atoms with Crippen LogP contribution in [-0.2, 0) is 21.8 Å². The molecule has 1 aromatic rings. The third-order valence-corrected chi connectivity index (χ3v) is 7.40. The van der Waals surface area contributed by atoms with Crippen molar-refractivity contribution in [3.8, 4) is 0 Å². The summed E-state index contributed by atoms with van der Waals surface area (Å²) in [6.07, 6.45) is 1.79. The average Bonchev–Trinajstić information content (AvgIpc) is 3.09. The highest BCUT2D eigenvalue weighted by atomic mass is 32.2. The van der Waals surface area contributed by atoms with E-state index < -0.39 is 21.8 Å². The Kier molecular flexibility index (Phi) is 5.21. The molecule has 2 aliphatic heterocycles. The summed E-state index contributed by atoms with van der Waals surface area (Å²) in [4.78, 5) is 6.35. The molecule has 0 aliphatic carbocycles. The lowest BCUT2D eigenvalue weighted by atomic mass is 9.81. The lowest BCUT2D eigenvalue weighted by Crippen LogP contribution is -2.57. The smallest absolute Gasteiger partial charge is 0.256 e. The Morgan fingerprint density at radius 2 is 2.09 bits per heavy atom. The van der Waals surface area contributed by atoms with Crippen LogP contribution in [0.25, 0.3) is 0 Å². The summed E-state index contributed by atoms with van der Waals surface area (Å²) >= 11 is -0.165. The van der Waals surface area contributed by atoms with E-state index in [9.17, 15) is 12.3 Å². The van der Waals surface area contributed by atoms with Gasteiger partial charge in [0.2, 0.25) is 5.16 Å². The molecule has 2 aliphatic rings. The molecule has 0 amide bonds. The van der Waals surface area contributed by atoms with Crippen molar-refractivity contribution < 1.29 is 12.3 Å². The fourth-order valence-electron chi connectivity index (χ4n) is 3.15. The molecule has 2 atom stereocenters. The maximum absolute atomic E-state index is 13.0. The number of nitrogens with zero attached hydrogens (tertiary/aromatic N) is 5. The van der Waals surface area contributed by atoms with Crippen molar-refractivity contribution in [1.29, 1.82) is 0 Å². The maximum Gasteiger partial charge on any atom is 0.256 e. The molecular formula is C12H20FN5O2S3. The summed E-state index contributed by atoms with van der Waals surface area (Å²) < 4.78 is 40.2. The van der Waals surface area contributed by atoms with Crippen molar-refractivity contribution >= 4 is 34.1 Å². The fourth-order valence-corrected chi connectivity index (χ4v) is 6.09. The van der Waals surface area contributed by atoms with E-state index in [1.165, 1.54) is 0 Å². The highest BCUT2D eigenvalue weighted by molar-refractivity contribution is 7.93. The van der Waals surface area contributed by atoms with Crippen molar-refractivity contribution in [2.45, 2.75) is 30.1 Å². The minimum Gasteiger partial charge on any atom is -0.306 e. The highest BCUT2D eigenvalue weighted by Crippen LogP contribution is 2.40. The van der Waals surface area contributed by atoms with E-state index in [-0.39, 0.29) is 28.1 Å². The number of halogens is 1. The van der Waals surface area contributed by atoms with Gasteiger partial charge in [0.05, 0.1) is 10.8 Å². The summed E-state index contributed by atoms with van der Waals surface area (Å²) in [7, 11) is -0.872. The molecule has 0 bridgehead atoms. The molecular weight excluding hydrogens is 361 g/mol. The molecule has 2 saturated heterocycles. The van der Waals surface area contributed by atoms with E-state index in [0.717, 1.165) is 36.7 Å². The lowest BCUT2D eigenvalue weighted by molar-refractivity contribution is 0.0859.